The molecule has 23 heavy (non-hydrogen) atoms. The Morgan fingerprint density at radius 1 is 1.30 bits per heavy atom. The molecule has 5 nitrogen and oxygen atoms in total. The van der Waals surface area contributed by atoms with Crippen molar-refractivity contribution in [2.24, 2.45) is 11.8 Å². The number of aliphatic hydroxyl groups is 1. The number of carbonyl (C=O) groups is 1. The quantitative estimate of drug-likeness (QED) is 0.869. The van der Waals surface area contributed by atoms with Crippen LogP contribution in [0.15, 0.2) is 12.4 Å². The molecule has 1 aliphatic heterocycles. The number of pyridine rings is 1. The number of hydrogen-bond acceptors (Lipinski definition) is 4. The molecule has 4 atom stereocenters. The minimum atomic E-state index is -0.465. The maximum atomic E-state index is 11.3. The van der Waals surface area contributed by atoms with Crippen molar-refractivity contribution in [2.75, 3.05) is 13.1 Å². The van der Waals surface area contributed by atoms with Gasteiger partial charge in [0.1, 0.15) is 0 Å². The van der Waals surface area contributed by atoms with Crippen molar-refractivity contribution in [3.8, 4) is 0 Å². The van der Waals surface area contributed by atoms with E-state index >= 15 is 0 Å². The third-order valence-corrected chi connectivity index (χ3v) is 5.59. The van der Waals surface area contributed by atoms with Crippen LogP contribution in [-0.4, -0.2) is 46.1 Å². The first-order valence-electron chi connectivity index (χ1n) is 7.89. The Balaban J connectivity index is 1.65. The summed E-state index contributed by atoms with van der Waals surface area (Å²) in [4.78, 5) is 17.6. The van der Waals surface area contributed by atoms with E-state index in [9.17, 15) is 9.90 Å². The lowest BCUT2D eigenvalue weighted by atomic mass is 9.77. The van der Waals surface area contributed by atoms with Crippen LogP contribution in [0, 0.1) is 11.8 Å². The summed E-state index contributed by atoms with van der Waals surface area (Å²) in [6.45, 7) is 4.03. The summed E-state index contributed by atoms with van der Waals surface area (Å²) in [5, 5.41) is 14.3. The molecule has 0 spiro atoms. The van der Waals surface area contributed by atoms with E-state index in [2.05, 4.69) is 15.2 Å². The number of fused-ring (bicyclic) bond motifs is 1. The van der Waals surface area contributed by atoms with Gasteiger partial charge in [-0.05, 0) is 24.7 Å². The number of nitrogens with one attached hydrogen (secondary N) is 1. The molecular weight excluding hydrogens is 337 g/mol. The average Bonchev–Trinajstić information content (AvgIpc) is 2.84. The number of aliphatic hydroxyl groups excluding tert-OH is 1. The molecule has 0 unspecified atom stereocenters. The van der Waals surface area contributed by atoms with Crippen molar-refractivity contribution in [3.63, 3.8) is 0 Å². The Labute approximate surface area is 146 Å². The zero-order chi connectivity index (χ0) is 16.6. The predicted octanol–water partition coefficient (Wildman–Crippen LogP) is 2.10. The van der Waals surface area contributed by atoms with E-state index in [1.54, 1.807) is 12.4 Å². The highest BCUT2D eigenvalue weighted by atomic mass is 35.5. The Kier molecular flexibility index (Phi) is 5.11. The molecule has 0 radical (unpaired) electrons. The van der Waals surface area contributed by atoms with E-state index in [4.69, 9.17) is 23.2 Å². The number of halogens is 2. The smallest absolute Gasteiger partial charge is 0.217 e. The van der Waals surface area contributed by atoms with Crippen LogP contribution in [0.2, 0.25) is 10.0 Å². The fraction of sp³-hybridized carbons (Fsp3) is 0.625. The van der Waals surface area contributed by atoms with Gasteiger partial charge in [-0.3, -0.25) is 14.7 Å². The summed E-state index contributed by atoms with van der Waals surface area (Å²) in [6.07, 6.45) is 4.31. The molecule has 7 heteroatoms. The fourth-order valence-electron chi connectivity index (χ4n) is 3.89. The van der Waals surface area contributed by atoms with Crippen LogP contribution in [-0.2, 0) is 11.3 Å². The standard InChI is InChI=1S/C16H21Cl2N3O2/c1-9(22)20-15-2-10-6-21(7-11(10)3-16(15)23)8-12-13(17)4-19-5-14(12)18/h4-5,10-11,15-16,23H,2-3,6-8H2,1H3,(H,20,22)/t10-,11+,15-,16-/m1/s1. The average molecular weight is 358 g/mol. The zero-order valence-electron chi connectivity index (χ0n) is 13.0. The van der Waals surface area contributed by atoms with Crippen molar-refractivity contribution in [2.45, 2.75) is 38.5 Å². The molecule has 1 aromatic heterocycles. The summed E-state index contributed by atoms with van der Waals surface area (Å²) in [6, 6.07) is -0.137. The molecule has 0 aromatic carbocycles. The SMILES string of the molecule is CC(=O)N[C@@H]1C[C@@H]2CN(Cc3c(Cl)cncc3Cl)C[C@@H]2C[C@H]1O. The summed E-state index contributed by atoms with van der Waals surface area (Å²) in [5.74, 6) is 0.849. The van der Waals surface area contributed by atoms with Gasteiger partial charge >= 0.3 is 0 Å². The normalized spacial score (nSPS) is 31.0. The van der Waals surface area contributed by atoms with Crippen molar-refractivity contribution in [3.05, 3.63) is 28.0 Å². The van der Waals surface area contributed by atoms with Gasteiger partial charge in [0.2, 0.25) is 5.91 Å². The predicted molar refractivity (Wildman–Crippen MR) is 89.4 cm³/mol. The van der Waals surface area contributed by atoms with Gasteiger partial charge < -0.3 is 10.4 Å². The molecule has 1 saturated carbocycles. The second-order valence-corrected chi connectivity index (χ2v) is 7.46. The van der Waals surface area contributed by atoms with Crippen LogP contribution >= 0.6 is 23.2 Å². The number of carbonyl (C=O) groups excluding carboxylic acids is 1. The van der Waals surface area contributed by atoms with Crippen molar-refractivity contribution in [1.82, 2.24) is 15.2 Å². The van der Waals surface area contributed by atoms with Crippen LogP contribution in [0.25, 0.3) is 0 Å². The maximum absolute atomic E-state index is 11.3. The van der Waals surface area contributed by atoms with Gasteiger partial charge in [-0.15, -0.1) is 0 Å². The number of hydrogen-bond donors (Lipinski definition) is 2. The zero-order valence-corrected chi connectivity index (χ0v) is 14.5. The first-order chi connectivity index (χ1) is 10.9. The molecule has 1 amide bonds. The van der Waals surface area contributed by atoms with Gasteiger partial charge in [-0.25, -0.2) is 0 Å². The molecule has 1 saturated heterocycles. The fourth-order valence-corrected chi connectivity index (χ4v) is 4.37. The Hall–Kier alpha value is -0.880. The molecule has 0 bridgehead atoms. The Bertz CT molecular complexity index is 578. The van der Waals surface area contributed by atoms with Gasteiger partial charge in [-0.2, -0.15) is 0 Å². The first kappa shape index (κ1) is 17.0. The van der Waals surface area contributed by atoms with E-state index < -0.39 is 6.10 Å². The van der Waals surface area contributed by atoms with Crippen LogP contribution < -0.4 is 5.32 Å². The molecular formula is C16H21Cl2N3O2. The highest BCUT2D eigenvalue weighted by Crippen LogP contribution is 2.38. The lowest BCUT2D eigenvalue weighted by Gasteiger charge is -2.35. The number of nitrogens with zero attached hydrogens (tertiary/aromatic N) is 2. The molecule has 2 N–H and O–H groups in total. The molecule has 1 aromatic rings. The van der Waals surface area contributed by atoms with E-state index in [-0.39, 0.29) is 11.9 Å². The molecule has 126 valence electrons. The largest absolute Gasteiger partial charge is 0.391 e. The van der Waals surface area contributed by atoms with Gasteiger partial charge in [-0.1, -0.05) is 23.2 Å². The minimum Gasteiger partial charge on any atom is -0.391 e. The van der Waals surface area contributed by atoms with Crippen LogP contribution in [0.1, 0.15) is 25.3 Å². The maximum Gasteiger partial charge on any atom is 0.217 e. The molecule has 2 fully saturated rings. The number of amides is 1. The van der Waals surface area contributed by atoms with E-state index in [1.165, 1.54) is 6.92 Å². The lowest BCUT2D eigenvalue weighted by Crippen LogP contribution is -2.48. The van der Waals surface area contributed by atoms with E-state index in [0.717, 1.165) is 31.5 Å². The van der Waals surface area contributed by atoms with Gasteiger partial charge in [0.15, 0.2) is 0 Å². The molecule has 2 aliphatic rings. The number of likely N-dealkylation sites (tertiary alicyclic amines) is 1. The van der Waals surface area contributed by atoms with Crippen LogP contribution in [0.3, 0.4) is 0 Å². The molecule has 3 rings (SSSR count). The highest BCUT2D eigenvalue weighted by Gasteiger charge is 2.42. The summed E-state index contributed by atoms with van der Waals surface area (Å²) < 4.78 is 0. The summed E-state index contributed by atoms with van der Waals surface area (Å²) in [7, 11) is 0. The molecule has 2 heterocycles. The van der Waals surface area contributed by atoms with Crippen LogP contribution in [0.4, 0.5) is 0 Å². The highest BCUT2D eigenvalue weighted by molar-refractivity contribution is 6.35. The minimum absolute atomic E-state index is 0.0855. The van der Waals surface area contributed by atoms with Crippen molar-refractivity contribution >= 4 is 29.1 Å². The summed E-state index contributed by atoms with van der Waals surface area (Å²) >= 11 is 12.4. The molecule has 1 aliphatic carbocycles. The van der Waals surface area contributed by atoms with Crippen molar-refractivity contribution in [1.29, 1.82) is 0 Å². The third kappa shape index (κ3) is 3.79. The van der Waals surface area contributed by atoms with Crippen molar-refractivity contribution < 1.29 is 9.90 Å². The lowest BCUT2D eigenvalue weighted by molar-refractivity contribution is -0.121. The van der Waals surface area contributed by atoms with Gasteiger partial charge in [0.25, 0.3) is 0 Å². The topological polar surface area (TPSA) is 65.5 Å². The summed E-state index contributed by atoms with van der Waals surface area (Å²) in [5.41, 5.74) is 0.904. The van der Waals surface area contributed by atoms with E-state index in [0.29, 0.717) is 28.4 Å². The van der Waals surface area contributed by atoms with Crippen LogP contribution in [0.5, 0.6) is 0 Å². The van der Waals surface area contributed by atoms with E-state index in [1.807, 2.05) is 0 Å². The Morgan fingerprint density at radius 3 is 2.52 bits per heavy atom. The van der Waals surface area contributed by atoms with Gasteiger partial charge in [0.05, 0.1) is 22.2 Å². The third-order valence-electron chi connectivity index (χ3n) is 4.94. The first-order valence-corrected chi connectivity index (χ1v) is 8.65. The second-order valence-electron chi connectivity index (χ2n) is 6.64. The monoisotopic (exact) mass is 357 g/mol. The second kappa shape index (κ2) is 6.93. The number of rotatable bonds is 3. The Morgan fingerprint density at radius 2 is 1.91 bits per heavy atom. The number of aromatic nitrogens is 1. The van der Waals surface area contributed by atoms with Gasteiger partial charge in [0, 0.05) is 44.5 Å².